The highest BCUT2D eigenvalue weighted by Gasteiger charge is 2.41. The van der Waals surface area contributed by atoms with Crippen LogP contribution in [0.3, 0.4) is 0 Å². The van der Waals surface area contributed by atoms with E-state index < -0.39 is 23.7 Å². The number of aliphatic hydroxyl groups excluding tert-OH is 1. The van der Waals surface area contributed by atoms with Crippen LogP contribution >= 0.6 is 0 Å². The van der Waals surface area contributed by atoms with Gasteiger partial charge < -0.3 is 21.1 Å². The molecule has 0 rings (SSSR count). The largest absolute Gasteiger partial charge is 0.377 e. The van der Waals surface area contributed by atoms with Crippen molar-refractivity contribution in [2.45, 2.75) is 64.8 Å². The van der Waals surface area contributed by atoms with E-state index in [1.807, 2.05) is 6.92 Å². The van der Waals surface area contributed by atoms with Crippen LogP contribution < -0.4 is 5.73 Å². The Morgan fingerprint density at radius 1 is 1.13 bits per heavy atom. The van der Waals surface area contributed by atoms with Gasteiger partial charge in [0.1, 0.15) is 17.7 Å². The molecule has 0 aromatic heterocycles. The Balaban J connectivity index is 4.97. The van der Waals surface area contributed by atoms with Gasteiger partial charge >= 0.3 is 0 Å². The lowest BCUT2D eigenvalue weighted by Gasteiger charge is -2.46. The Labute approximate surface area is 91.5 Å². The Morgan fingerprint density at radius 2 is 1.47 bits per heavy atom. The van der Waals surface area contributed by atoms with Crippen molar-refractivity contribution in [3.63, 3.8) is 0 Å². The number of nitrogens with zero attached hydrogens (tertiary/aromatic N) is 1. The minimum atomic E-state index is -1.34. The zero-order valence-electron chi connectivity index (χ0n) is 10.2. The fourth-order valence-electron chi connectivity index (χ4n) is 1.72. The molecule has 0 amide bonds. The molecule has 5 nitrogen and oxygen atoms in total. The van der Waals surface area contributed by atoms with Crippen molar-refractivity contribution in [3.05, 3.63) is 0 Å². The van der Waals surface area contributed by atoms with Crippen molar-refractivity contribution in [2.24, 2.45) is 5.73 Å². The summed E-state index contributed by atoms with van der Waals surface area (Å²) in [5, 5.41) is 29.7. The summed E-state index contributed by atoms with van der Waals surface area (Å²) in [7, 11) is 0. The van der Waals surface area contributed by atoms with Gasteiger partial charge in [-0.25, -0.2) is 4.90 Å². The number of rotatable bonds is 5. The molecular weight excluding hydrogens is 196 g/mol. The van der Waals surface area contributed by atoms with E-state index in [1.54, 1.807) is 0 Å². The molecule has 0 saturated heterocycles. The summed E-state index contributed by atoms with van der Waals surface area (Å²) in [6.45, 7) is 7.82. The van der Waals surface area contributed by atoms with Crippen molar-refractivity contribution in [1.82, 2.24) is 4.90 Å². The molecule has 0 aliphatic heterocycles. The van der Waals surface area contributed by atoms with Gasteiger partial charge in [0, 0.05) is 6.04 Å². The third-order valence-corrected chi connectivity index (χ3v) is 2.30. The average Bonchev–Trinajstić information content (AvgIpc) is 1.97. The summed E-state index contributed by atoms with van der Waals surface area (Å²) in [4.78, 5) is 1.19. The van der Waals surface area contributed by atoms with Gasteiger partial charge in [0.2, 0.25) is 0 Å². The summed E-state index contributed by atoms with van der Waals surface area (Å²) in [5.41, 5.74) is 3.01. The maximum Gasteiger partial charge on any atom is 0.127 e. The summed E-state index contributed by atoms with van der Waals surface area (Å²) < 4.78 is 0. The summed E-state index contributed by atoms with van der Waals surface area (Å²) in [5.74, 6) is 0. The average molecular weight is 220 g/mol. The van der Waals surface area contributed by atoms with Crippen LogP contribution in [0.5, 0.6) is 0 Å². The smallest absolute Gasteiger partial charge is 0.127 e. The SMILES string of the molecule is CCC(N)C(O)N(C(C)(C)O)C(C)(C)O. The van der Waals surface area contributed by atoms with Crippen molar-refractivity contribution in [1.29, 1.82) is 0 Å². The predicted molar refractivity (Wildman–Crippen MR) is 58.7 cm³/mol. The van der Waals surface area contributed by atoms with Crippen LogP contribution in [-0.2, 0) is 0 Å². The number of nitrogens with two attached hydrogens (primary N) is 1. The van der Waals surface area contributed by atoms with Crippen LogP contribution in [0.15, 0.2) is 0 Å². The monoisotopic (exact) mass is 220 g/mol. The number of aliphatic hydroxyl groups is 3. The second kappa shape index (κ2) is 4.76. The van der Waals surface area contributed by atoms with Gasteiger partial charge in [0.15, 0.2) is 0 Å². The van der Waals surface area contributed by atoms with Crippen LogP contribution in [0.1, 0.15) is 41.0 Å². The molecule has 0 aromatic carbocycles. The minimum Gasteiger partial charge on any atom is -0.377 e. The molecule has 0 fully saturated rings. The van der Waals surface area contributed by atoms with Gasteiger partial charge in [-0.05, 0) is 34.1 Å². The van der Waals surface area contributed by atoms with Gasteiger partial charge in [0.25, 0.3) is 0 Å². The fraction of sp³-hybridized carbons (Fsp3) is 1.00. The molecular formula is C10H24N2O3. The van der Waals surface area contributed by atoms with E-state index in [0.717, 1.165) is 0 Å². The topological polar surface area (TPSA) is 90.0 Å². The van der Waals surface area contributed by atoms with Crippen LogP contribution in [-0.4, -0.2) is 43.9 Å². The van der Waals surface area contributed by atoms with E-state index in [1.165, 1.54) is 32.6 Å². The second-order valence-electron chi connectivity index (χ2n) is 4.84. The molecule has 0 aliphatic carbocycles. The van der Waals surface area contributed by atoms with E-state index in [2.05, 4.69) is 0 Å². The minimum absolute atomic E-state index is 0.511. The molecule has 0 aliphatic rings. The molecule has 0 radical (unpaired) electrons. The molecule has 5 heteroatoms. The quantitative estimate of drug-likeness (QED) is 0.482. The van der Waals surface area contributed by atoms with Crippen molar-refractivity contribution in [3.8, 4) is 0 Å². The van der Waals surface area contributed by atoms with Gasteiger partial charge in [-0.2, -0.15) is 0 Å². The van der Waals surface area contributed by atoms with Crippen LogP contribution in [0.2, 0.25) is 0 Å². The molecule has 2 atom stereocenters. The molecule has 2 unspecified atom stereocenters. The van der Waals surface area contributed by atoms with Crippen molar-refractivity contribution < 1.29 is 15.3 Å². The van der Waals surface area contributed by atoms with E-state index in [-0.39, 0.29) is 0 Å². The lowest BCUT2D eigenvalue weighted by molar-refractivity contribution is -0.260. The number of hydrogen-bond acceptors (Lipinski definition) is 5. The van der Waals surface area contributed by atoms with Crippen LogP contribution in [0.4, 0.5) is 0 Å². The third-order valence-electron chi connectivity index (χ3n) is 2.30. The Hall–Kier alpha value is -0.200. The standard InChI is InChI=1S/C10H24N2O3/c1-6-7(11)8(13)12(9(2,3)14)10(4,5)15/h7-8,13-15H,6,11H2,1-5H3. The maximum atomic E-state index is 9.93. The summed E-state index contributed by atoms with van der Waals surface area (Å²) >= 11 is 0. The van der Waals surface area contributed by atoms with E-state index in [0.29, 0.717) is 6.42 Å². The van der Waals surface area contributed by atoms with E-state index in [4.69, 9.17) is 5.73 Å². The molecule has 0 spiro atoms. The highest BCUT2D eigenvalue weighted by molar-refractivity contribution is 4.84. The summed E-state index contributed by atoms with van der Waals surface area (Å²) in [6.07, 6.45) is -0.529. The molecule has 0 heterocycles. The second-order valence-corrected chi connectivity index (χ2v) is 4.84. The molecule has 0 aromatic rings. The van der Waals surface area contributed by atoms with Gasteiger partial charge in [0.05, 0.1) is 0 Å². The van der Waals surface area contributed by atoms with Gasteiger partial charge in [-0.3, -0.25) is 0 Å². The summed E-state index contributed by atoms with van der Waals surface area (Å²) in [6, 6.07) is -0.511. The zero-order chi connectivity index (χ0) is 12.4. The molecule has 0 bridgehead atoms. The van der Waals surface area contributed by atoms with Gasteiger partial charge in [-0.1, -0.05) is 6.92 Å². The maximum absolute atomic E-state index is 9.93. The first kappa shape index (κ1) is 14.8. The lowest BCUT2D eigenvalue weighted by Crippen LogP contribution is -2.64. The first-order chi connectivity index (χ1) is 6.51. The first-order valence-electron chi connectivity index (χ1n) is 5.19. The Bertz CT molecular complexity index is 182. The van der Waals surface area contributed by atoms with E-state index >= 15 is 0 Å². The highest BCUT2D eigenvalue weighted by atomic mass is 16.4. The fourth-order valence-corrected chi connectivity index (χ4v) is 1.72. The Kier molecular flexibility index (Phi) is 4.69. The highest BCUT2D eigenvalue weighted by Crippen LogP contribution is 2.25. The molecule has 0 saturated carbocycles. The van der Waals surface area contributed by atoms with Crippen LogP contribution in [0.25, 0.3) is 0 Å². The predicted octanol–water partition coefficient (Wildman–Crippen LogP) is -0.199. The molecule has 15 heavy (non-hydrogen) atoms. The lowest BCUT2D eigenvalue weighted by atomic mass is 10.1. The number of hydrogen-bond donors (Lipinski definition) is 4. The third kappa shape index (κ3) is 4.04. The van der Waals surface area contributed by atoms with E-state index in [9.17, 15) is 15.3 Å². The van der Waals surface area contributed by atoms with Crippen molar-refractivity contribution in [2.75, 3.05) is 0 Å². The Morgan fingerprint density at radius 3 is 1.67 bits per heavy atom. The normalized spacial score (nSPS) is 18.0. The van der Waals surface area contributed by atoms with Crippen molar-refractivity contribution >= 4 is 0 Å². The van der Waals surface area contributed by atoms with Gasteiger partial charge in [-0.15, -0.1) is 0 Å². The van der Waals surface area contributed by atoms with Crippen LogP contribution in [0, 0.1) is 0 Å². The zero-order valence-corrected chi connectivity index (χ0v) is 10.2. The molecule has 92 valence electrons. The molecule has 5 N–H and O–H groups in total. The first-order valence-corrected chi connectivity index (χ1v) is 5.19.